The lowest BCUT2D eigenvalue weighted by atomic mass is 10.1. The highest BCUT2D eigenvalue weighted by atomic mass is 28.3. The lowest BCUT2D eigenvalue weighted by Gasteiger charge is -2.43. The summed E-state index contributed by atoms with van der Waals surface area (Å²) in [6.07, 6.45) is -0.724. The topological polar surface area (TPSA) is 138 Å². The van der Waals surface area contributed by atoms with Gasteiger partial charge >= 0.3 is 0 Å². The van der Waals surface area contributed by atoms with E-state index in [9.17, 15) is 9.90 Å². The van der Waals surface area contributed by atoms with Crippen LogP contribution in [0.1, 0.15) is 40.8 Å². The Balaban J connectivity index is 1.77. The molecule has 4 heterocycles. The van der Waals surface area contributed by atoms with Gasteiger partial charge in [-0.2, -0.15) is 4.98 Å². The molecule has 1 unspecified atom stereocenters. The van der Waals surface area contributed by atoms with E-state index in [4.69, 9.17) is 19.9 Å². The molecule has 0 radical (unpaired) electrons. The number of imidazole rings is 1. The van der Waals surface area contributed by atoms with E-state index in [1.165, 1.54) is 6.33 Å². The van der Waals surface area contributed by atoms with Crippen molar-refractivity contribution in [2.45, 2.75) is 88.8 Å². The Morgan fingerprint density at radius 3 is 2.57 bits per heavy atom. The van der Waals surface area contributed by atoms with E-state index in [2.05, 4.69) is 48.8 Å². The van der Waals surface area contributed by atoms with Gasteiger partial charge in [0.25, 0.3) is 5.56 Å². The second-order valence-corrected chi connectivity index (χ2v) is 15.8. The van der Waals surface area contributed by atoms with Crippen molar-refractivity contribution in [2.24, 2.45) is 0 Å². The summed E-state index contributed by atoms with van der Waals surface area (Å²) in [7, 11) is -2.19. The number of nitrogen functional groups attached to an aromatic ring is 1. The average Bonchev–Trinajstić information content (AvgIpc) is 3.23. The van der Waals surface area contributed by atoms with Crippen molar-refractivity contribution in [3.8, 4) is 0 Å². The van der Waals surface area contributed by atoms with Crippen molar-refractivity contribution in [1.29, 1.82) is 0 Å². The Bertz CT molecular complexity index is 1030. The van der Waals surface area contributed by atoms with Crippen LogP contribution in [0.5, 0.6) is 0 Å². The standard InChI is InChI=1S/C19H31N5O5Si/c1-18(2,3)30(6,7)16(26)12-10-11(29-19(4,5)28-10)15(27-12)24-8-21-9-13(24)22-17(20)23-14(9)25/h8,10-12,15-16,26H,1-7H3,(H3,20,22,23,25)/t10-,11+,12-,15+,16?/m0/s1. The Labute approximate surface area is 175 Å². The summed E-state index contributed by atoms with van der Waals surface area (Å²) >= 11 is 0. The van der Waals surface area contributed by atoms with Gasteiger partial charge in [-0.1, -0.05) is 33.9 Å². The predicted octanol–water partition coefficient (Wildman–Crippen LogP) is 1.53. The molecule has 0 aromatic carbocycles. The molecule has 166 valence electrons. The molecule has 0 saturated carbocycles. The first-order valence-corrected chi connectivity index (χ1v) is 13.2. The minimum absolute atomic E-state index is 0.00873. The maximum atomic E-state index is 12.2. The lowest BCUT2D eigenvalue weighted by molar-refractivity contribution is -0.202. The fourth-order valence-electron chi connectivity index (χ4n) is 4.07. The molecule has 2 aliphatic rings. The van der Waals surface area contributed by atoms with E-state index in [0.717, 1.165) is 0 Å². The molecule has 0 aliphatic carbocycles. The number of ether oxygens (including phenoxy) is 3. The Morgan fingerprint density at radius 2 is 1.93 bits per heavy atom. The first kappa shape index (κ1) is 21.4. The van der Waals surface area contributed by atoms with Crippen LogP contribution in [0, 0.1) is 0 Å². The number of nitrogens with two attached hydrogens (primary N) is 1. The normalized spacial score (nSPS) is 30.0. The molecule has 4 rings (SSSR count). The molecule has 0 bridgehead atoms. The number of hydrogen-bond donors (Lipinski definition) is 3. The Hall–Kier alpha value is -1.79. The van der Waals surface area contributed by atoms with E-state index in [1.54, 1.807) is 4.57 Å². The third-order valence-corrected chi connectivity index (χ3v) is 12.4. The van der Waals surface area contributed by atoms with E-state index >= 15 is 0 Å². The van der Waals surface area contributed by atoms with E-state index in [1.807, 2.05) is 13.8 Å². The van der Waals surface area contributed by atoms with Crippen LogP contribution in [0.4, 0.5) is 5.95 Å². The average molecular weight is 438 g/mol. The van der Waals surface area contributed by atoms with Crippen molar-refractivity contribution in [2.75, 3.05) is 5.73 Å². The first-order valence-electron chi connectivity index (χ1n) is 10.1. The van der Waals surface area contributed by atoms with Crippen molar-refractivity contribution < 1.29 is 19.3 Å². The highest BCUT2D eigenvalue weighted by Gasteiger charge is 2.61. The molecule has 2 saturated heterocycles. The fourth-order valence-corrected chi connectivity index (χ4v) is 6.05. The zero-order chi connectivity index (χ0) is 22.2. The summed E-state index contributed by atoms with van der Waals surface area (Å²) in [6, 6.07) is 0. The van der Waals surface area contributed by atoms with Crippen molar-refractivity contribution >= 4 is 25.2 Å². The molecule has 30 heavy (non-hydrogen) atoms. The first-order chi connectivity index (χ1) is 13.7. The number of fused-ring (bicyclic) bond motifs is 2. The van der Waals surface area contributed by atoms with Crippen LogP contribution in [0.25, 0.3) is 11.2 Å². The number of nitrogens with one attached hydrogen (secondary N) is 1. The van der Waals surface area contributed by atoms with E-state index in [0.29, 0.717) is 5.65 Å². The Kier molecular flexibility index (Phi) is 4.72. The zero-order valence-electron chi connectivity index (χ0n) is 18.5. The summed E-state index contributed by atoms with van der Waals surface area (Å²) in [5.41, 5.74) is 5.09. The van der Waals surface area contributed by atoms with Gasteiger partial charge in [0.1, 0.15) is 18.3 Å². The van der Waals surface area contributed by atoms with E-state index in [-0.39, 0.29) is 16.5 Å². The summed E-state index contributed by atoms with van der Waals surface area (Å²) in [5, 5.41) is 11.4. The number of rotatable bonds is 3. The molecule has 2 fully saturated rings. The number of hydrogen-bond acceptors (Lipinski definition) is 8. The minimum atomic E-state index is -2.19. The number of aromatic nitrogens is 4. The van der Waals surface area contributed by atoms with Crippen LogP contribution in [0.15, 0.2) is 11.1 Å². The van der Waals surface area contributed by atoms with Gasteiger partial charge in [0.15, 0.2) is 23.2 Å². The van der Waals surface area contributed by atoms with Crippen molar-refractivity contribution in [1.82, 2.24) is 19.5 Å². The molecular formula is C19H31N5O5Si. The predicted molar refractivity (Wildman–Crippen MR) is 113 cm³/mol. The Morgan fingerprint density at radius 1 is 1.30 bits per heavy atom. The van der Waals surface area contributed by atoms with Crippen LogP contribution in [0.3, 0.4) is 0 Å². The van der Waals surface area contributed by atoms with Crippen LogP contribution < -0.4 is 11.3 Å². The number of aliphatic hydroxyl groups excluding tert-OH is 1. The molecule has 4 N–H and O–H groups in total. The SMILES string of the molecule is CC1(C)O[C@@H]2[C@H](O1)[C@@H](C(O)[Si](C)(C)C(C)(C)C)O[C@H]2n1cnc2c(=O)[nH]c(N)nc21. The number of H-pyrrole nitrogens is 1. The van der Waals surface area contributed by atoms with Gasteiger partial charge < -0.3 is 25.1 Å². The van der Waals surface area contributed by atoms with Gasteiger partial charge in [-0.25, -0.2) is 4.98 Å². The monoisotopic (exact) mass is 437 g/mol. The molecule has 11 heteroatoms. The summed E-state index contributed by atoms with van der Waals surface area (Å²) in [4.78, 5) is 23.1. The number of aliphatic hydroxyl groups is 1. The maximum absolute atomic E-state index is 12.2. The summed E-state index contributed by atoms with van der Waals surface area (Å²) in [6.45, 7) is 14.4. The molecule has 2 aromatic heterocycles. The van der Waals surface area contributed by atoms with E-state index < -0.39 is 49.7 Å². The van der Waals surface area contributed by atoms with Gasteiger partial charge in [0.05, 0.1) is 20.1 Å². The molecule has 0 amide bonds. The summed E-state index contributed by atoms with van der Waals surface area (Å²) < 4.78 is 20.3. The highest BCUT2D eigenvalue weighted by molar-refractivity contribution is 6.81. The van der Waals surface area contributed by atoms with Gasteiger partial charge in [-0.15, -0.1) is 0 Å². The highest BCUT2D eigenvalue weighted by Crippen LogP contribution is 2.48. The van der Waals surface area contributed by atoms with Crippen LogP contribution >= 0.6 is 0 Å². The number of aromatic amines is 1. The smallest absolute Gasteiger partial charge is 0.280 e. The second kappa shape index (κ2) is 6.60. The van der Waals surface area contributed by atoms with Gasteiger partial charge in [-0.05, 0) is 18.9 Å². The van der Waals surface area contributed by atoms with Crippen LogP contribution in [-0.4, -0.2) is 62.5 Å². The minimum Gasteiger partial charge on any atom is -0.394 e. The quantitative estimate of drug-likeness (QED) is 0.615. The van der Waals surface area contributed by atoms with Gasteiger partial charge in [0, 0.05) is 0 Å². The molecular weight excluding hydrogens is 406 g/mol. The molecule has 2 aromatic rings. The van der Waals surface area contributed by atoms with Crippen LogP contribution in [0.2, 0.25) is 18.1 Å². The molecule has 2 aliphatic heterocycles. The van der Waals surface area contributed by atoms with Crippen molar-refractivity contribution in [3.05, 3.63) is 16.7 Å². The second-order valence-electron chi connectivity index (χ2n) is 10.2. The maximum Gasteiger partial charge on any atom is 0.280 e. The largest absolute Gasteiger partial charge is 0.394 e. The molecule has 0 spiro atoms. The summed E-state index contributed by atoms with van der Waals surface area (Å²) in [5.74, 6) is -0.839. The molecule has 5 atom stereocenters. The van der Waals surface area contributed by atoms with Gasteiger partial charge in [0.2, 0.25) is 5.95 Å². The van der Waals surface area contributed by atoms with Crippen LogP contribution in [-0.2, 0) is 14.2 Å². The van der Waals surface area contributed by atoms with Gasteiger partial charge in [-0.3, -0.25) is 14.3 Å². The third-order valence-electron chi connectivity index (χ3n) is 6.77. The fraction of sp³-hybridized carbons (Fsp3) is 0.737. The number of nitrogens with zero attached hydrogens (tertiary/aromatic N) is 3. The lowest BCUT2D eigenvalue weighted by Crippen LogP contribution is -2.57. The zero-order valence-corrected chi connectivity index (χ0v) is 19.5. The number of anilines is 1. The molecule has 10 nitrogen and oxygen atoms in total. The third kappa shape index (κ3) is 3.19. The van der Waals surface area contributed by atoms with Crippen molar-refractivity contribution in [3.63, 3.8) is 0 Å².